The molecule has 22 heavy (non-hydrogen) atoms. The van der Waals surface area contributed by atoms with E-state index in [1.54, 1.807) is 18.5 Å². The predicted molar refractivity (Wildman–Crippen MR) is 79.5 cm³/mol. The van der Waals surface area contributed by atoms with Gasteiger partial charge in [0.2, 0.25) is 0 Å². The lowest BCUT2D eigenvalue weighted by atomic mass is 10.2. The molecule has 0 aliphatic heterocycles. The molecule has 0 atom stereocenters. The molecule has 1 N–H and O–H groups in total. The highest BCUT2D eigenvalue weighted by atomic mass is 19.1. The van der Waals surface area contributed by atoms with Gasteiger partial charge in [0.1, 0.15) is 11.5 Å². The van der Waals surface area contributed by atoms with E-state index in [1.165, 1.54) is 24.3 Å². The van der Waals surface area contributed by atoms with E-state index in [9.17, 15) is 9.18 Å². The van der Waals surface area contributed by atoms with Crippen molar-refractivity contribution in [3.8, 4) is 11.5 Å². The maximum atomic E-state index is 12.8. The van der Waals surface area contributed by atoms with E-state index in [-0.39, 0.29) is 11.7 Å². The van der Waals surface area contributed by atoms with Crippen molar-refractivity contribution in [2.45, 2.75) is 6.54 Å². The van der Waals surface area contributed by atoms with Crippen LogP contribution in [0.1, 0.15) is 15.9 Å². The smallest absolute Gasteiger partial charge is 0.251 e. The summed E-state index contributed by atoms with van der Waals surface area (Å²) in [4.78, 5) is 16.2. The van der Waals surface area contributed by atoms with Crippen LogP contribution in [0.25, 0.3) is 11.5 Å². The molecule has 0 saturated heterocycles. The van der Waals surface area contributed by atoms with Gasteiger partial charge in [0.15, 0.2) is 5.76 Å². The molecule has 0 aliphatic rings. The molecule has 3 rings (SSSR count). The van der Waals surface area contributed by atoms with Crippen LogP contribution in [0.3, 0.4) is 0 Å². The van der Waals surface area contributed by atoms with Gasteiger partial charge in [-0.25, -0.2) is 4.39 Å². The van der Waals surface area contributed by atoms with Crippen molar-refractivity contribution >= 4 is 5.91 Å². The summed E-state index contributed by atoms with van der Waals surface area (Å²) in [5.74, 6) is 0.0526. The summed E-state index contributed by atoms with van der Waals surface area (Å²) in [5, 5.41) is 2.79. The Hall–Kier alpha value is -2.95. The van der Waals surface area contributed by atoms with Crippen molar-refractivity contribution in [1.82, 2.24) is 10.3 Å². The number of halogens is 1. The van der Waals surface area contributed by atoms with Gasteiger partial charge in [0.05, 0.1) is 6.26 Å². The number of aromatic nitrogens is 1. The van der Waals surface area contributed by atoms with E-state index in [1.807, 2.05) is 18.2 Å². The molecule has 0 unspecified atom stereocenters. The largest absolute Gasteiger partial charge is 0.463 e. The van der Waals surface area contributed by atoms with Gasteiger partial charge < -0.3 is 9.73 Å². The number of amides is 1. The molecular formula is C17H13FN2O2. The number of hydrogen-bond acceptors (Lipinski definition) is 3. The fourth-order valence-electron chi connectivity index (χ4n) is 2.03. The molecule has 2 heterocycles. The quantitative estimate of drug-likeness (QED) is 0.802. The Morgan fingerprint density at radius 3 is 2.73 bits per heavy atom. The molecule has 1 amide bonds. The lowest BCUT2D eigenvalue weighted by Crippen LogP contribution is -2.22. The molecule has 0 bridgehead atoms. The fraction of sp³-hybridized carbons (Fsp3) is 0.0588. The first kappa shape index (κ1) is 14.0. The Morgan fingerprint density at radius 1 is 1.18 bits per heavy atom. The van der Waals surface area contributed by atoms with Crippen LogP contribution in [-0.4, -0.2) is 10.9 Å². The summed E-state index contributed by atoms with van der Waals surface area (Å²) in [6.45, 7) is 0.354. The molecule has 3 aromatic rings. The van der Waals surface area contributed by atoms with Crippen LogP contribution < -0.4 is 5.32 Å². The van der Waals surface area contributed by atoms with Gasteiger partial charge in [-0.2, -0.15) is 0 Å². The minimum absolute atomic E-state index is 0.253. The second-order valence-electron chi connectivity index (χ2n) is 4.72. The summed E-state index contributed by atoms with van der Waals surface area (Å²) in [5.41, 5.74) is 2.03. The molecule has 0 saturated carbocycles. The van der Waals surface area contributed by atoms with E-state index in [0.717, 1.165) is 5.56 Å². The Balaban J connectivity index is 1.67. The highest BCUT2D eigenvalue weighted by Gasteiger charge is 2.07. The Bertz CT molecular complexity index is 768. The molecule has 0 radical (unpaired) electrons. The second kappa shape index (κ2) is 6.22. The summed E-state index contributed by atoms with van der Waals surface area (Å²) < 4.78 is 18.1. The average Bonchev–Trinajstić information content (AvgIpc) is 3.08. The number of nitrogens with one attached hydrogen (secondary N) is 1. The first-order valence-corrected chi connectivity index (χ1v) is 6.75. The van der Waals surface area contributed by atoms with E-state index in [0.29, 0.717) is 23.6 Å². The van der Waals surface area contributed by atoms with Crippen molar-refractivity contribution in [3.63, 3.8) is 0 Å². The topological polar surface area (TPSA) is 55.1 Å². The minimum Gasteiger partial charge on any atom is -0.463 e. The lowest BCUT2D eigenvalue weighted by molar-refractivity contribution is 0.0951. The molecule has 110 valence electrons. The van der Waals surface area contributed by atoms with Crippen molar-refractivity contribution in [1.29, 1.82) is 0 Å². The molecule has 4 nitrogen and oxygen atoms in total. The molecule has 0 spiro atoms. The van der Waals surface area contributed by atoms with Crippen molar-refractivity contribution < 1.29 is 13.6 Å². The summed E-state index contributed by atoms with van der Waals surface area (Å²) in [6.07, 6.45) is 3.25. The standard InChI is InChI=1S/C17H13FN2O2/c18-14-5-3-13(4-6-14)17(21)20-11-12-7-8-19-15(10-12)16-2-1-9-22-16/h1-10H,11H2,(H,20,21). The van der Waals surface area contributed by atoms with Crippen LogP contribution in [0.15, 0.2) is 65.4 Å². The van der Waals surface area contributed by atoms with Gasteiger partial charge in [0, 0.05) is 18.3 Å². The van der Waals surface area contributed by atoms with Gasteiger partial charge in [0.25, 0.3) is 5.91 Å². The van der Waals surface area contributed by atoms with Gasteiger partial charge in [-0.05, 0) is 54.1 Å². The van der Waals surface area contributed by atoms with E-state index in [4.69, 9.17) is 4.42 Å². The molecule has 1 aromatic carbocycles. The summed E-state index contributed by atoms with van der Waals surface area (Å²) in [6, 6.07) is 12.7. The molecule has 0 fully saturated rings. The van der Waals surface area contributed by atoms with Crippen molar-refractivity contribution in [2.24, 2.45) is 0 Å². The minimum atomic E-state index is -0.367. The normalized spacial score (nSPS) is 10.4. The monoisotopic (exact) mass is 296 g/mol. The van der Waals surface area contributed by atoms with Gasteiger partial charge in [-0.1, -0.05) is 0 Å². The zero-order valence-corrected chi connectivity index (χ0v) is 11.6. The molecule has 0 aliphatic carbocycles. The first-order valence-electron chi connectivity index (χ1n) is 6.75. The first-order chi connectivity index (χ1) is 10.7. The van der Waals surface area contributed by atoms with Crippen LogP contribution >= 0.6 is 0 Å². The maximum absolute atomic E-state index is 12.8. The van der Waals surface area contributed by atoms with Crippen molar-refractivity contribution in [2.75, 3.05) is 0 Å². The number of carbonyl (C=O) groups is 1. The SMILES string of the molecule is O=C(NCc1ccnc(-c2ccco2)c1)c1ccc(F)cc1. The van der Waals surface area contributed by atoms with Crippen LogP contribution in [0.5, 0.6) is 0 Å². The summed E-state index contributed by atoms with van der Waals surface area (Å²) in [7, 11) is 0. The van der Waals surface area contributed by atoms with E-state index >= 15 is 0 Å². The third-order valence-electron chi connectivity index (χ3n) is 3.16. The third kappa shape index (κ3) is 3.20. The van der Waals surface area contributed by atoms with Crippen LogP contribution in [0.4, 0.5) is 4.39 Å². The number of benzene rings is 1. The fourth-order valence-corrected chi connectivity index (χ4v) is 2.03. The zero-order valence-electron chi connectivity index (χ0n) is 11.6. The highest BCUT2D eigenvalue weighted by molar-refractivity contribution is 5.94. The van der Waals surface area contributed by atoms with Gasteiger partial charge in [-0.3, -0.25) is 9.78 Å². The Labute approximate surface area is 126 Å². The number of furan rings is 1. The zero-order chi connectivity index (χ0) is 15.4. The Morgan fingerprint density at radius 2 is 2.00 bits per heavy atom. The summed E-state index contributed by atoms with van der Waals surface area (Å²) >= 11 is 0. The van der Waals surface area contributed by atoms with E-state index in [2.05, 4.69) is 10.3 Å². The number of pyridine rings is 1. The number of nitrogens with zero attached hydrogens (tertiary/aromatic N) is 1. The number of rotatable bonds is 4. The average molecular weight is 296 g/mol. The second-order valence-corrected chi connectivity index (χ2v) is 4.72. The molecule has 5 heteroatoms. The molecular weight excluding hydrogens is 283 g/mol. The van der Waals surface area contributed by atoms with Crippen LogP contribution in [0, 0.1) is 5.82 Å². The van der Waals surface area contributed by atoms with Crippen molar-refractivity contribution in [3.05, 3.63) is 77.9 Å². The van der Waals surface area contributed by atoms with Gasteiger partial charge in [-0.15, -0.1) is 0 Å². The lowest BCUT2D eigenvalue weighted by Gasteiger charge is -2.06. The number of hydrogen-bond donors (Lipinski definition) is 1. The third-order valence-corrected chi connectivity index (χ3v) is 3.16. The maximum Gasteiger partial charge on any atom is 0.251 e. The predicted octanol–water partition coefficient (Wildman–Crippen LogP) is 3.41. The van der Waals surface area contributed by atoms with Gasteiger partial charge >= 0.3 is 0 Å². The van der Waals surface area contributed by atoms with E-state index < -0.39 is 0 Å². The number of carbonyl (C=O) groups excluding carboxylic acids is 1. The molecule has 2 aromatic heterocycles. The highest BCUT2D eigenvalue weighted by Crippen LogP contribution is 2.18. The van der Waals surface area contributed by atoms with Crippen LogP contribution in [-0.2, 0) is 6.54 Å². The van der Waals surface area contributed by atoms with Crippen LogP contribution in [0.2, 0.25) is 0 Å². The Kier molecular flexibility index (Phi) is 3.96.